The zero-order chi connectivity index (χ0) is 13.1. The predicted octanol–water partition coefficient (Wildman–Crippen LogP) is 4.08. The van der Waals surface area contributed by atoms with E-state index in [-0.39, 0.29) is 0 Å². The fourth-order valence-corrected chi connectivity index (χ4v) is 2.05. The zero-order valence-electron chi connectivity index (χ0n) is 10.2. The maximum absolute atomic E-state index is 8.79. The first-order valence-corrected chi connectivity index (χ1v) is 6.30. The Labute approximate surface area is 115 Å². The first-order chi connectivity index (χ1) is 8.61. The van der Waals surface area contributed by atoms with Crippen molar-refractivity contribution in [3.63, 3.8) is 0 Å². The Kier molecular flexibility index (Phi) is 3.63. The Balaban J connectivity index is 2.35. The van der Waals surface area contributed by atoms with E-state index in [0.717, 1.165) is 10.2 Å². The van der Waals surface area contributed by atoms with E-state index < -0.39 is 0 Å². The molecule has 0 amide bonds. The van der Waals surface area contributed by atoms with Crippen LogP contribution in [0.15, 0.2) is 34.9 Å². The summed E-state index contributed by atoms with van der Waals surface area (Å²) in [5.74, 6) is 0.711. The van der Waals surface area contributed by atoms with Gasteiger partial charge in [-0.25, -0.2) is 4.98 Å². The molecule has 0 radical (unpaired) electrons. The number of aryl methyl sites for hydroxylation is 1. The zero-order valence-corrected chi connectivity index (χ0v) is 11.7. The van der Waals surface area contributed by atoms with E-state index in [1.54, 1.807) is 12.3 Å². The SMILES string of the molecule is Cc1cccc(Nc2ncc(C#N)cc2Br)c1C. The monoisotopic (exact) mass is 301 g/mol. The van der Waals surface area contributed by atoms with Crippen LogP contribution < -0.4 is 5.32 Å². The number of hydrogen-bond acceptors (Lipinski definition) is 3. The third-order valence-corrected chi connectivity index (χ3v) is 3.43. The van der Waals surface area contributed by atoms with Crippen molar-refractivity contribution in [1.29, 1.82) is 5.26 Å². The molecule has 1 heterocycles. The summed E-state index contributed by atoms with van der Waals surface area (Å²) in [6.45, 7) is 4.14. The molecule has 0 aliphatic heterocycles. The van der Waals surface area contributed by atoms with Crippen LogP contribution in [0, 0.1) is 25.2 Å². The Morgan fingerprint density at radius 3 is 2.78 bits per heavy atom. The lowest BCUT2D eigenvalue weighted by Gasteiger charge is -2.11. The molecule has 0 spiro atoms. The van der Waals surface area contributed by atoms with E-state index in [1.807, 2.05) is 12.1 Å². The third kappa shape index (κ3) is 2.52. The maximum Gasteiger partial charge on any atom is 0.144 e. The minimum Gasteiger partial charge on any atom is -0.339 e. The lowest BCUT2D eigenvalue weighted by Crippen LogP contribution is -1.98. The summed E-state index contributed by atoms with van der Waals surface area (Å²) >= 11 is 3.41. The Bertz CT molecular complexity index is 629. The first kappa shape index (κ1) is 12.6. The van der Waals surface area contributed by atoms with Gasteiger partial charge in [-0.2, -0.15) is 5.26 Å². The Morgan fingerprint density at radius 2 is 2.11 bits per heavy atom. The molecule has 90 valence electrons. The number of anilines is 2. The van der Waals surface area contributed by atoms with Crippen molar-refractivity contribution in [2.75, 3.05) is 5.32 Å². The highest BCUT2D eigenvalue weighted by Gasteiger charge is 2.06. The van der Waals surface area contributed by atoms with Crippen molar-refractivity contribution in [2.24, 2.45) is 0 Å². The standard InChI is InChI=1S/C14H12BrN3/c1-9-4-3-5-13(10(9)2)18-14-12(15)6-11(7-16)8-17-14/h3-6,8H,1-2H3,(H,17,18). The molecule has 0 aliphatic carbocycles. The number of halogens is 1. The highest BCUT2D eigenvalue weighted by Crippen LogP contribution is 2.27. The molecule has 2 rings (SSSR count). The summed E-state index contributed by atoms with van der Waals surface area (Å²) in [5, 5.41) is 12.1. The molecule has 0 saturated carbocycles. The van der Waals surface area contributed by atoms with E-state index in [9.17, 15) is 0 Å². The Hall–Kier alpha value is -1.86. The molecule has 0 fully saturated rings. The number of nitrogens with one attached hydrogen (secondary N) is 1. The topological polar surface area (TPSA) is 48.7 Å². The first-order valence-electron chi connectivity index (χ1n) is 5.50. The average molecular weight is 302 g/mol. The van der Waals surface area contributed by atoms with Crippen molar-refractivity contribution >= 4 is 27.4 Å². The number of nitriles is 1. The molecular formula is C14H12BrN3. The Morgan fingerprint density at radius 1 is 1.33 bits per heavy atom. The van der Waals surface area contributed by atoms with Gasteiger partial charge in [-0.05, 0) is 53.0 Å². The van der Waals surface area contributed by atoms with Gasteiger partial charge in [0.1, 0.15) is 11.9 Å². The van der Waals surface area contributed by atoms with Gasteiger partial charge in [0, 0.05) is 11.9 Å². The van der Waals surface area contributed by atoms with Crippen LogP contribution in [0.4, 0.5) is 11.5 Å². The van der Waals surface area contributed by atoms with Gasteiger partial charge in [-0.3, -0.25) is 0 Å². The molecule has 0 unspecified atom stereocenters. The van der Waals surface area contributed by atoms with E-state index in [2.05, 4.69) is 52.2 Å². The summed E-state index contributed by atoms with van der Waals surface area (Å²) < 4.78 is 0.780. The summed E-state index contributed by atoms with van der Waals surface area (Å²) in [5.41, 5.74) is 3.97. The van der Waals surface area contributed by atoms with Gasteiger partial charge in [0.25, 0.3) is 0 Å². The molecule has 1 aromatic heterocycles. The smallest absolute Gasteiger partial charge is 0.144 e. The van der Waals surface area contributed by atoms with E-state index >= 15 is 0 Å². The predicted molar refractivity (Wildman–Crippen MR) is 75.9 cm³/mol. The molecular weight excluding hydrogens is 290 g/mol. The van der Waals surface area contributed by atoms with E-state index in [0.29, 0.717) is 11.4 Å². The highest BCUT2D eigenvalue weighted by molar-refractivity contribution is 9.10. The molecule has 0 aliphatic rings. The van der Waals surface area contributed by atoms with Crippen LogP contribution in [0.2, 0.25) is 0 Å². The minimum absolute atomic E-state index is 0.536. The van der Waals surface area contributed by atoms with E-state index in [1.165, 1.54) is 11.1 Å². The molecule has 2 aromatic rings. The van der Waals surface area contributed by atoms with Gasteiger partial charge in [0.2, 0.25) is 0 Å². The maximum atomic E-state index is 8.79. The fraction of sp³-hybridized carbons (Fsp3) is 0.143. The largest absolute Gasteiger partial charge is 0.339 e. The van der Waals surface area contributed by atoms with Crippen LogP contribution in [0.5, 0.6) is 0 Å². The van der Waals surface area contributed by atoms with E-state index in [4.69, 9.17) is 5.26 Å². The van der Waals surface area contributed by atoms with Crippen LogP contribution in [-0.4, -0.2) is 4.98 Å². The number of pyridine rings is 1. The second-order valence-electron chi connectivity index (χ2n) is 4.04. The fourth-order valence-electron chi connectivity index (χ4n) is 1.61. The van der Waals surface area contributed by atoms with Crippen molar-refractivity contribution in [2.45, 2.75) is 13.8 Å². The van der Waals surface area contributed by atoms with Crippen molar-refractivity contribution in [3.8, 4) is 6.07 Å². The molecule has 4 heteroatoms. The molecule has 1 N–H and O–H groups in total. The van der Waals surface area contributed by atoms with Crippen molar-refractivity contribution in [3.05, 3.63) is 51.6 Å². The van der Waals surface area contributed by atoms with Gasteiger partial charge in [-0.1, -0.05) is 12.1 Å². The number of rotatable bonds is 2. The quantitative estimate of drug-likeness (QED) is 0.909. The number of benzene rings is 1. The van der Waals surface area contributed by atoms with Crippen molar-refractivity contribution < 1.29 is 0 Å². The van der Waals surface area contributed by atoms with Crippen LogP contribution in [0.1, 0.15) is 16.7 Å². The molecule has 0 bridgehead atoms. The summed E-state index contributed by atoms with van der Waals surface area (Å²) in [7, 11) is 0. The lowest BCUT2D eigenvalue weighted by atomic mass is 10.1. The summed E-state index contributed by atoms with van der Waals surface area (Å²) in [6, 6.07) is 9.89. The second-order valence-corrected chi connectivity index (χ2v) is 4.89. The average Bonchev–Trinajstić information content (AvgIpc) is 2.37. The van der Waals surface area contributed by atoms with Crippen molar-refractivity contribution in [1.82, 2.24) is 4.98 Å². The van der Waals surface area contributed by atoms with Crippen LogP contribution >= 0.6 is 15.9 Å². The molecule has 18 heavy (non-hydrogen) atoms. The minimum atomic E-state index is 0.536. The lowest BCUT2D eigenvalue weighted by molar-refractivity contribution is 1.25. The number of aromatic nitrogens is 1. The summed E-state index contributed by atoms with van der Waals surface area (Å²) in [4.78, 5) is 4.23. The number of nitrogens with zero attached hydrogens (tertiary/aromatic N) is 2. The van der Waals surface area contributed by atoms with Gasteiger partial charge in [-0.15, -0.1) is 0 Å². The highest BCUT2D eigenvalue weighted by atomic mass is 79.9. The molecule has 3 nitrogen and oxygen atoms in total. The van der Waals surface area contributed by atoms with Gasteiger partial charge < -0.3 is 5.32 Å². The third-order valence-electron chi connectivity index (χ3n) is 2.83. The van der Waals surface area contributed by atoms with Gasteiger partial charge >= 0.3 is 0 Å². The van der Waals surface area contributed by atoms with Gasteiger partial charge in [0.05, 0.1) is 10.0 Å². The molecule has 0 atom stereocenters. The van der Waals surface area contributed by atoms with Gasteiger partial charge in [0.15, 0.2) is 0 Å². The molecule has 1 aromatic carbocycles. The summed E-state index contributed by atoms with van der Waals surface area (Å²) in [6.07, 6.45) is 1.55. The second kappa shape index (κ2) is 5.19. The van der Waals surface area contributed by atoms with Crippen LogP contribution in [0.25, 0.3) is 0 Å². The normalized spacial score (nSPS) is 9.89. The number of hydrogen-bond donors (Lipinski definition) is 1. The molecule has 0 saturated heterocycles. The van der Waals surface area contributed by atoms with Crippen LogP contribution in [-0.2, 0) is 0 Å². The van der Waals surface area contributed by atoms with Crippen LogP contribution in [0.3, 0.4) is 0 Å².